The van der Waals surface area contributed by atoms with Crippen LogP contribution in [0.2, 0.25) is 0 Å². The van der Waals surface area contributed by atoms with Crippen LogP contribution in [0.3, 0.4) is 0 Å². The predicted octanol–water partition coefficient (Wildman–Crippen LogP) is 3.26. The lowest BCUT2D eigenvalue weighted by Gasteiger charge is -2.30. The van der Waals surface area contributed by atoms with Crippen LogP contribution in [0.5, 0.6) is 0 Å². The summed E-state index contributed by atoms with van der Waals surface area (Å²) in [7, 11) is -4.64. The number of aromatic nitrogens is 2. The molecule has 0 aliphatic heterocycles. The Labute approximate surface area is 221 Å². The van der Waals surface area contributed by atoms with Crippen molar-refractivity contribution in [2.45, 2.75) is 35.8 Å². The van der Waals surface area contributed by atoms with Gasteiger partial charge in [-0.3, -0.25) is 14.3 Å². The van der Waals surface area contributed by atoms with Crippen molar-refractivity contribution in [2.24, 2.45) is 11.5 Å². The second kappa shape index (κ2) is 11.0. The number of benzene rings is 3. The Bertz CT molecular complexity index is 1560. The lowest BCUT2D eigenvalue weighted by molar-refractivity contribution is -0.129. The molecule has 4 N–H and O–H groups in total. The quantitative estimate of drug-likeness (QED) is 0.214. The van der Waals surface area contributed by atoms with Crippen molar-refractivity contribution in [1.82, 2.24) is 9.78 Å². The largest absolute Gasteiger partial charge is 0.368 e. The summed E-state index contributed by atoms with van der Waals surface area (Å²) in [5, 5.41) is 4.60. The highest BCUT2D eigenvalue weighted by atomic mass is 32.2. The Kier molecular flexibility index (Phi) is 7.78. The number of hydrogen-bond acceptors (Lipinski definition) is 5. The van der Waals surface area contributed by atoms with E-state index in [-0.39, 0.29) is 0 Å². The summed E-state index contributed by atoms with van der Waals surface area (Å²) in [6, 6.07) is 22.5. The Balaban J connectivity index is 1.64. The second-order valence-electron chi connectivity index (χ2n) is 9.24. The number of amides is 2. The Hall–Kier alpha value is -4.24. The van der Waals surface area contributed by atoms with Gasteiger partial charge < -0.3 is 11.5 Å². The standard InChI is InChI=1S/C29H30N4O4S/c1-2-26(25-15-14-23-12-6-7-13-24(23)17-25)38(36,37)29(27(30)34,28(31)35)18-22-19-32-33(20-22)16-8-11-21-9-4-3-5-10-21/h2-7,9-10,12-15,17,19-20,26H,1,8,11,16,18H2,(H2,30,34)(H2,31,35). The lowest BCUT2D eigenvalue weighted by Crippen LogP contribution is -2.61. The fraction of sp³-hybridized carbons (Fsp3) is 0.207. The van der Waals surface area contributed by atoms with E-state index in [1.807, 2.05) is 54.6 Å². The van der Waals surface area contributed by atoms with E-state index < -0.39 is 38.1 Å². The molecular weight excluding hydrogens is 500 g/mol. The summed E-state index contributed by atoms with van der Waals surface area (Å²) >= 11 is 0. The van der Waals surface area contributed by atoms with Gasteiger partial charge in [0.15, 0.2) is 9.84 Å². The first-order valence-corrected chi connectivity index (χ1v) is 13.7. The third-order valence-corrected chi connectivity index (χ3v) is 9.42. The molecule has 8 nitrogen and oxygen atoms in total. The number of rotatable bonds is 12. The van der Waals surface area contributed by atoms with Gasteiger partial charge in [0.05, 0.1) is 6.20 Å². The first kappa shape index (κ1) is 26.8. The molecule has 0 fully saturated rings. The van der Waals surface area contributed by atoms with Crippen LogP contribution >= 0.6 is 0 Å². The van der Waals surface area contributed by atoms with Crippen LogP contribution < -0.4 is 11.5 Å². The number of aryl methyl sites for hydroxylation is 2. The van der Waals surface area contributed by atoms with E-state index in [1.165, 1.54) is 17.8 Å². The van der Waals surface area contributed by atoms with Crippen molar-refractivity contribution in [1.29, 1.82) is 0 Å². The van der Waals surface area contributed by atoms with E-state index in [0.717, 1.165) is 23.6 Å². The van der Waals surface area contributed by atoms with Crippen LogP contribution in [0.4, 0.5) is 0 Å². The number of sulfone groups is 1. The van der Waals surface area contributed by atoms with E-state index in [1.54, 1.807) is 29.1 Å². The number of nitrogens with two attached hydrogens (primary N) is 2. The molecule has 4 aromatic rings. The normalized spacial score (nSPS) is 12.7. The molecule has 0 aliphatic rings. The van der Waals surface area contributed by atoms with Gasteiger partial charge in [0.25, 0.3) is 0 Å². The van der Waals surface area contributed by atoms with Crippen molar-refractivity contribution < 1.29 is 18.0 Å². The van der Waals surface area contributed by atoms with Crippen LogP contribution in [0.25, 0.3) is 10.8 Å². The Morgan fingerprint density at radius 1 is 0.947 bits per heavy atom. The molecule has 0 saturated carbocycles. The van der Waals surface area contributed by atoms with Gasteiger partial charge in [0.1, 0.15) is 5.25 Å². The number of carbonyl (C=O) groups is 2. The topological polar surface area (TPSA) is 138 Å². The van der Waals surface area contributed by atoms with Gasteiger partial charge in [0, 0.05) is 19.2 Å². The van der Waals surface area contributed by atoms with Crippen molar-refractivity contribution in [3.05, 3.63) is 115 Å². The van der Waals surface area contributed by atoms with Gasteiger partial charge in [-0.05, 0) is 46.4 Å². The molecule has 0 bridgehead atoms. The third kappa shape index (κ3) is 5.10. The summed E-state index contributed by atoms with van der Waals surface area (Å²) in [5.41, 5.74) is 13.2. The van der Waals surface area contributed by atoms with E-state index in [0.29, 0.717) is 17.7 Å². The fourth-order valence-electron chi connectivity index (χ4n) is 4.72. The molecule has 0 saturated heterocycles. The molecule has 1 unspecified atom stereocenters. The lowest BCUT2D eigenvalue weighted by atomic mass is 9.99. The van der Waals surface area contributed by atoms with Crippen LogP contribution in [0.1, 0.15) is 28.4 Å². The summed E-state index contributed by atoms with van der Waals surface area (Å²) in [6.07, 6.45) is 5.33. The maximum absolute atomic E-state index is 14.0. The van der Waals surface area contributed by atoms with Crippen LogP contribution in [-0.4, -0.2) is 34.8 Å². The number of carbonyl (C=O) groups excluding carboxylic acids is 2. The number of fused-ring (bicyclic) bond motifs is 1. The van der Waals surface area contributed by atoms with Crippen LogP contribution in [0.15, 0.2) is 97.8 Å². The molecule has 4 rings (SSSR count). The highest BCUT2D eigenvalue weighted by molar-refractivity contribution is 7.94. The molecule has 0 aliphatic carbocycles. The van der Waals surface area contributed by atoms with Crippen LogP contribution in [0, 0.1) is 0 Å². The highest BCUT2D eigenvalue weighted by Crippen LogP contribution is 2.36. The molecule has 2 amide bonds. The molecule has 1 atom stereocenters. The number of primary amides is 2. The number of nitrogens with zero attached hydrogens (tertiary/aromatic N) is 2. The maximum atomic E-state index is 14.0. The van der Waals surface area contributed by atoms with Gasteiger partial charge >= 0.3 is 0 Å². The van der Waals surface area contributed by atoms with Crippen molar-refractivity contribution in [3.63, 3.8) is 0 Å². The molecule has 38 heavy (non-hydrogen) atoms. The Morgan fingerprint density at radius 3 is 2.26 bits per heavy atom. The SMILES string of the molecule is C=CC(c1ccc2ccccc2c1)S(=O)(=O)C(Cc1cnn(CCCc2ccccc2)c1)(C(N)=O)C(N)=O. The average molecular weight is 531 g/mol. The Morgan fingerprint density at radius 2 is 1.61 bits per heavy atom. The monoisotopic (exact) mass is 530 g/mol. The first-order chi connectivity index (χ1) is 18.2. The minimum Gasteiger partial charge on any atom is -0.368 e. The van der Waals surface area contributed by atoms with E-state index in [4.69, 9.17) is 11.5 Å². The van der Waals surface area contributed by atoms with E-state index >= 15 is 0 Å². The minimum atomic E-state index is -4.64. The van der Waals surface area contributed by atoms with E-state index in [2.05, 4.69) is 11.7 Å². The van der Waals surface area contributed by atoms with Gasteiger partial charge in [-0.2, -0.15) is 5.10 Å². The zero-order chi connectivity index (χ0) is 27.3. The molecule has 1 aromatic heterocycles. The fourth-order valence-corrected chi connectivity index (χ4v) is 6.84. The summed E-state index contributed by atoms with van der Waals surface area (Å²) in [5.74, 6) is -2.68. The van der Waals surface area contributed by atoms with Gasteiger partial charge in [-0.1, -0.05) is 72.8 Å². The molecular formula is C29H30N4O4S. The predicted molar refractivity (Wildman–Crippen MR) is 148 cm³/mol. The molecule has 1 heterocycles. The smallest absolute Gasteiger partial charge is 0.249 e. The van der Waals surface area contributed by atoms with Gasteiger partial charge in [-0.25, -0.2) is 8.42 Å². The molecule has 0 radical (unpaired) electrons. The number of hydrogen-bond donors (Lipinski definition) is 2. The molecule has 0 spiro atoms. The van der Waals surface area contributed by atoms with Gasteiger partial charge in [0.2, 0.25) is 16.6 Å². The molecule has 196 valence electrons. The summed E-state index contributed by atoms with van der Waals surface area (Å²) in [4.78, 5) is 25.6. The zero-order valence-electron chi connectivity index (χ0n) is 20.9. The second-order valence-corrected chi connectivity index (χ2v) is 11.5. The van der Waals surface area contributed by atoms with Crippen molar-refractivity contribution in [2.75, 3.05) is 0 Å². The molecule has 9 heteroatoms. The minimum absolute atomic E-state index is 0.349. The van der Waals surface area contributed by atoms with Crippen molar-refractivity contribution >= 4 is 32.4 Å². The van der Waals surface area contributed by atoms with E-state index in [9.17, 15) is 18.0 Å². The highest BCUT2D eigenvalue weighted by Gasteiger charge is 2.57. The third-order valence-electron chi connectivity index (χ3n) is 6.77. The summed E-state index contributed by atoms with van der Waals surface area (Å²) in [6.45, 7) is 4.25. The summed E-state index contributed by atoms with van der Waals surface area (Å²) < 4.78 is 27.0. The van der Waals surface area contributed by atoms with Crippen molar-refractivity contribution in [3.8, 4) is 0 Å². The molecule has 3 aromatic carbocycles. The zero-order valence-corrected chi connectivity index (χ0v) is 21.7. The van der Waals surface area contributed by atoms with Gasteiger partial charge in [-0.15, -0.1) is 6.58 Å². The maximum Gasteiger partial charge on any atom is 0.249 e. The average Bonchev–Trinajstić information content (AvgIpc) is 3.34. The van der Waals surface area contributed by atoms with Crippen LogP contribution in [-0.2, 0) is 38.8 Å². The first-order valence-electron chi connectivity index (χ1n) is 12.2.